The molecule has 0 bridgehead atoms. The zero-order valence-electron chi connectivity index (χ0n) is 10.9. The van der Waals surface area contributed by atoms with Gasteiger partial charge in [-0.2, -0.15) is 0 Å². The Labute approximate surface area is 116 Å². The van der Waals surface area contributed by atoms with Gasteiger partial charge >= 0.3 is 0 Å². The Morgan fingerprint density at radius 1 is 1.42 bits per heavy atom. The van der Waals surface area contributed by atoms with Gasteiger partial charge in [0.2, 0.25) is 0 Å². The van der Waals surface area contributed by atoms with Crippen molar-refractivity contribution in [3.8, 4) is 0 Å². The molecule has 1 amide bonds. The van der Waals surface area contributed by atoms with Gasteiger partial charge in [-0.25, -0.2) is 4.98 Å². The van der Waals surface area contributed by atoms with Gasteiger partial charge in [0.05, 0.1) is 11.8 Å². The Bertz CT molecular complexity index is 451. The summed E-state index contributed by atoms with van der Waals surface area (Å²) >= 11 is 1.61. The lowest BCUT2D eigenvalue weighted by atomic mass is 10.0. The van der Waals surface area contributed by atoms with Gasteiger partial charge in [0, 0.05) is 11.4 Å². The van der Waals surface area contributed by atoms with Crippen LogP contribution < -0.4 is 11.1 Å². The lowest BCUT2D eigenvalue weighted by Crippen LogP contribution is -2.29. The predicted octanol–water partition coefficient (Wildman–Crippen LogP) is 1.47. The number of aromatic nitrogens is 1. The van der Waals surface area contributed by atoms with E-state index in [-0.39, 0.29) is 18.1 Å². The Morgan fingerprint density at radius 3 is 3.00 bits per heavy atom. The second-order valence-electron chi connectivity index (χ2n) is 5.15. The third kappa shape index (κ3) is 2.80. The molecule has 6 heteroatoms. The van der Waals surface area contributed by atoms with Crippen molar-refractivity contribution in [2.75, 3.05) is 11.9 Å². The fourth-order valence-electron chi connectivity index (χ4n) is 2.66. The van der Waals surface area contributed by atoms with Gasteiger partial charge in [-0.3, -0.25) is 10.1 Å². The largest absolute Gasteiger partial charge is 0.364 e. The van der Waals surface area contributed by atoms with E-state index in [0.29, 0.717) is 6.54 Å². The molecule has 1 aromatic heterocycles. The minimum atomic E-state index is -0.366. The maximum absolute atomic E-state index is 12.1. The minimum Gasteiger partial charge on any atom is -0.364 e. The van der Waals surface area contributed by atoms with Crippen LogP contribution in [-0.4, -0.2) is 29.6 Å². The van der Waals surface area contributed by atoms with Gasteiger partial charge in [0.1, 0.15) is 6.10 Å². The van der Waals surface area contributed by atoms with Crippen molar-refractivity contribution in [2.24, 2.45) is 5.73 Å². The number of nitrogens with two attached hydrogens (primary N) is 1. The number of carbonyl (C=O) groups excluding carboxylic acids is 1. The Kier molecular flexibility index (Phi) is 3.81. The maximum atomic E-state index is 12.1. The summed E-state index contributed by atoms with van der Waals surface area (Å²) in [7, 11) is 0. The number of anilines is 1. The first kappa shape index (κ1) is 13.0. The number of nitrogens with one attached hydrogen (secondary N) is 1. The van der Waals surface area contributed by atoms with E-state index in [1.165, 1.54) is 23.4 Å². The summed E-state index contributed by atoms with van der Waals surface area (Å²) in [5.41, 5.74) is 6.71. The van der Waals surface area contributed by atoms with Gasteiger partial charge in [-0.1, -0.05) is 0 Å². The third-order valence-corrected chi connectivity index (χ3v) is 4.81. The van der Waals surface area contributed by atoms with Crippen LogP contribution in [0.5, 0.6) is 0 Å². The number of thiazole rings is 1. The van der Waals surface area contributed by atoms with Gasteiger partial charge in [0.25, 0.3) is 5.91 Å². The van der Waals surface area contributed by atoms with Crippen molar-refractivity contribution in [3.05, 3.63) is 10.6 Å². The third-order valence-electron chi connectivity index (χ3n) is 3.74. The average Bonchev–Trinajstić information content (AvgIpc) is 3.04. The van der Waals surface area contributed by atoms with Gasteiger partial charge in [-0.05, 0) is 38.5 Å². The van der Waals surface area contributed by atoms with Crippen LogP contribution in [-0.2, 0) is 22.4 Å². The first-order chi connectivity index (χ1) is 9.26. The molecule has 5 nitrogen and oxygen atoms in total. The molecule has 1 aliphatic heterocycles. The fourth-order valence-corrected chi connectivity index (χ4v) is 3.72. The summed E-state index contributed by atoms with van der Waals surface area (Å²) in [5.74, 6) is -0.0814. The van der Waals surface area contributed by atoms with E-state index in [0.717, 1.165) is 30.8 Å². The highest BCUT2D eigenvalue weighted by molar-refractivity contribution is 7.15. The zero-order chi connectivity index (χ0) is 13.2. The number of fused-ring (bicyclic) bond motifs is 1. The normalized spacial score (nSPS) is 26.2. The van der Waals surface area contributed by atoms with Crippen molar-refractivity contribution in [3.63, 3.8) is 0 Å². The van der Waals surface area contributed by atoms with Crippen LogP contribution in [0.3, 0.4) is 0 Å². The average molecular weight is 281 g/mol. The molecule has 3 N–H and O–H groups in total. The first-order valence-electron chi connectivity index (χ1n) is 6.91. The molecule has 2 aliphatic rings. The number of amides is 1. The molecular formula is C13H19N3O2S. The molecule has 0 unspecified atom stereocenters. The molecule has 0 saturated carbocycles. The molecule has 0 aromatic carbocycles. The Balaban J connectivity index is 1.62. The van der Waals surface area contributed by atoms with Crippen molar-refractivity contribution >= 4 is 22.4 Å². The molecule has 2 heterocycles. The fraction of sp³-hybridized carbons (Fsp3) is 0.692. The summed E-state index contributed by atoms with van der Waals surface area (Å²) in [6, 6.07) is 0. The molecule has 1 aromatic rings. The van der Waals surface area contributed by atoms with Crippen molar-refractivity contribution in [1.82, 2.24) is 4.98 Å². The predicted molar refractivity (Wildman–Crippen MR) is 74.3 cm³/mol. The second kappa shape index (κ2) is 5.56. The molecule has 1 saturated heterocycles. The van der Waals surface area contributed by atoms with Crippen molar-refractivity contribution < 1.29 is 9.53 Å². The van der Waals surface area contributed by atoms with Crippen LogP contribution in [0, 0.1) is 0 Å². The lowest BCUT2D eigenvalue weighted by molar-refractivity contribution is -0.126. The van der Waals surface area contributed by atoms with Crippen molar-refractivity contribution in [1.29, 1.82) is 0 Å². The number of hydrogen-bond donors (Lipinski definition) is 2. The number of nitrogens with zero attached hydrogens (tertiary/aromatic N) is 1. The summed E-state index contributed by atoms with van der Waals surface area (Å²) < 4.78 is 5.59. The standard InChI is InChI=1S/C13H19N3O2S/c14-7-8-5-6-10(18-8)12(17)16-13-15-9-3-1-2-4-11(9)19-13/h8,10H,1-7,14H2,(H,15,16,17)/t8-,10+/m1/s1. The molecule has 0 radical (unpaired) electrons. The Hall–Kier alpha value is -0.980. The summed E-state index contributed by atoms with van der Waals surface area (Å²) in [6.07, 6.45) is 5.84. The highest BCUT2D eigenvalue weighted by Crippen LogP contribution is 2.30. The monoisotopic (exact) mass is 281 g/mol. The molecule has 1 fully saturated rings. The molecule has 104 valence electrons. The molecule has 1 aliphatic carbocycles. The number of aryl methyl sites for hydroxylation is 2. The minimum absolute atomic E-state index is 0.0280. The van der Waals surface area contributed by atoms with Crippen LogP contribution in [0.2, 0.25) is 0 Å². The van der Waals surface area contributed by atoms with E-state index in [2.05, 4.69) is 10.3 Å². The topological polar surface area (TPSA) is 77.2 Å². The molecule has 19 heavy (non-hydrogen) atoms. The Morgan fingerprint density at radius 2 is 2.26 bits per heavy atom. The SMILES string of the molecule is NC[C@H]1CC[C@@H](C(=O)Nc2nc3c(s2)CCCC3)O1. The number of ether oxygens (including phenoxy) is 1. The van der Waals surface area contributed by atoms with E-state index in [4.69, 9.17) is 10.5 Å². The smallest absolute Gasteiger partial charge is 0.255 e. The van der Waals surface area contributed by atoms with Crippen LogP contribution in [0.25, 0.3) is 0 Å². The second-order valence-corrected chi connectivity index (χ2v) is 6.23. The highest BCUT2D eigenvalue weighted by Gasteiger charge is 2.30. The van der Waals surface area contributed by atoms with E-state index in [1.54, 1.807) is 11.3 Å². The molecule has 0 spiro atoms. The van der Waals surface area contributed by atoms with E-state index >= 15 is 0 Å². The summed E-state index contributed by atoms with van der Waals surface area (Å²) in [6.45, 7) is 0.481. The quantitative estimate of drug-likeness (QED) is 0.879. The van der Waals surface area contributed by atoms with Gasteiger partial charge < -0.3 is 10.5 Å². The summed E-state index contributed by atoms with van der Waals surface area (Å²) in [4.78, 5) is 17.9. The molecule has 2 atom stereocenters. The number of hydrogen-bond acceptors (Lipinski definition) is 5. The first-order valence-corrected chi connectivity index (χ1v) is 7.73. The highest BCUT2D eigenvalue weighted by atomic mass is 32.1. The van der Waals surface area contributed by atoms with Crippen molar-refractivity contribution in [2.45, 2.75) is 50.7 Å². The summed E-state index contributed by atoms with van der Waals surface area (Å²) in [5, 5.41) is 3.61. The molecular weight excluding hydrogens is 262 g/mol. The van der Waals surface area contributed by atoms with Crippen LogP contribution in [0.15, 0.2) is 0 Å². The van der Waals surface area contributed by atoms with Crippen LogP contribution in [0.1, 0.15) is 36.3 Å². The maximum Gasteiger partial charge on any atom is 0.255 e. The number of rotatable bonds is 3. The van der Waals surface area contributed by atoms with Crippen LogP contribution in [0.4, 0.5) is 5.13 Å². The van der Waals surface area contributed by atoms with Crippen LogP contribution >= 0.6 is 11.3 Å². The van der Waals surface area contributed by atoms with Gasteiger partial charge in [-0.15, -0.1) is 11.3 Å². The van der Waals surface area contributed by atoms with Gasteiger partial charge in [0.15, 0.2) is 5.13 Å². The van der Waals surface area contributed by atoms with E-state index in [1.807, 2.05) is 0 Å². The van der Waals surface area contributed by atoms with E-state index in [9.17, 15) is 4.79 Å². The zero-order valence-corrected chi connectivity index (χ0v) is 11.7. The number of carbonyl (C=O) groups is 1. The lowest BCUT2D eigenvalue weighted by Gasteiger charge is -2.11. The molecule has 3 rings (SSSR count). The van der Waals surface area contributed by atoms with E-state index < -0.39 is 0 Å².